The summed E-state index contributed by atoms with van der Waals surface area (Å²) in [7, 11) is 0. The second kappa shape index (κ2) is 7.47. The quantitative estimate of drug-likeness (QED) is 0.212. The number of hydrogen-bond acceptors (Lipinski definition) is 2. The molecule has 1 N–H and O–H groups in total. The fourth-order valence-corrected chi connectivity index (χ4v) is 4.85. The molecule has 3 nitrogen and oxygen atoms in total. The molecule has 0 radical (unpaired) electrons. The number of hydrogen-bond donors (Lipinski definition) is 1. The molecule has 0 aliphatic heterocycles. The minimum absolute atomic E-state index is 0.122. The second-order valence-electron chi connectivity index (χ2n) is 8.07. The van der Waals surface area contributed by atoms with Crippen LogP contribution in [0.15, 0.2) is 108 Å². The molecule has 0 bridgehead atoms. The minimum atomic E-state index is -0.358. The van der Waals surface area contributed by atoms with Crippen LogP contribution in [0.5, 0.6) is 0 Å². The van der Waals surface area contributed by atoms with Crippen molar-refractivity contribution in [3.63, 3.8) is 0 Å². The van der Waals surface area contributed by atoms with Crippen molar-refractivity contribution in [3.8, 4) is 11.1 Å². The predicted molar refractivity (Wildman–Crippen MR) is 131 cm³/mol. The summed E-state index contributed by atoms with van der Waals surface area (Å²) in [5.74, 6) is -0.480. The lowest BCUT2D eigenvalue weighted by molar-refractivity contribution is -0.121. The third kappa shape index (κ3) is 2.90. The van der Waals surface area contributed by atoms with Crippen LogP contribution in [0, 0.1) is 0 Å². The van der Waals surface area contributed by atoms with Crippen LogP contribution in [0.3, 0.4) is 0 Å². The van der Waals surface area contributed by atoms with E-state index >= 15 is 0 Å². The smallest absolute Gasteiger partial charge is 0.252 e. The Morgan fingerprint density at radius 1 is 0.688 bits per heavy atom. The molecule has 0 saturated carbocycles. The first kappa shape index (κ1) is 18.5. The van der Waals surface area contributed by atoms with Gasteiger partial charge in [-0.25, -0.2) is 5.43 Å². The van der Waals surface area contributed by atoms with Crippen LogP contribution in [0.1, 0.15) is 22.6 Å². The predicted octanol–water partition coefficient (Wildman–Crippen LogP) is 6.26. The van der Waals surface area contributed by atoms with Crippen molar-refractivity contribution in [2.24, 2.45) is 5.10 Å². The zero-order valence-electron chi connectivity index (χ0n) is 17.3. The number of hydrazone groups is 1. The number of carbonyl (C=O) groups excluding carboxylic acids is 1. The van der Waals surface area contributed by atoms with E-state index in [1.807, 2.05) is 60.7 Å². The Morgan fingerprint density at radius 2 is 1.19 bits per heavy atom. The van der Waals surface area contributed by atoms with E-state index in [9.17, 15) is 4.79 Å². The van der Waals surface area contributed by atoms with E-state index in [1.165, 1.54) is 0 Å². The van der Waals surface area contributed by atoms with Gasteiger partial charge in [0.2, 0.25) is 0 Å². The molecule has 3 heteroatoms. The Labute approximate surface area is 186 Å². The molecular formula is C29H20N2O. The maximum atomic E-state index is 13.3. The molecule has 6 rings (SSSR count). The highest BCUT2D eigenvalue weighted by atomic mass is 16.2. The summed E-state index contributed by atoms with van der Waals surface area (Å²) < 4.78 is 0. The largest absolute Gasteiger partial charge is 0.272 e. The molecule has 0 fully saturated rings. The highest BCUT2D eigenvalue weighted by Crippen LogP contribution is 2.44. The number of nitrogens with zero attached hydrogens (tertiary/aromatic N) is 1. The number of benzene rings is 5. The van der Waals surface area contributed by atoms with E-state index in [-0.39, 0.29) is 11.8 Å². The van der Waals surface area contributed by atoms with Gasteiger partial charge in [0.05, 0.1) is 12.1 Å². The average molecular weight is 412 g/mol. The summed E-state index contributed by atoms with van der Waals surface area (Å²) in [5, 5.41) is 8.93. The molecule has 1 amide bonds. The number of fused-ring (bicyclic) bond motifs is 5. The van der Waals surface area contributed by atoms with E-state index in [0.717, 1.165) is 49.4 Å². The molecule has 1 aliphatic carbocycles. The van der Waals surface area contributed by atoms with Crippen LogP contribution in [0.2, 0.25) is 0 Å². The summed E-state index contributed by atoms with van der Waals surface area (Å²) in [5.41, 5.74) is 8.11. The van der Waals surface area contributed by atoms with E-state index in [2.05, 4.69) is 53.0 Å². The highest BCUT2D eigenvalue weighted by molar-refractivity contribution is 6.13. The summed E-state index contributed by atoms with van der Waals surface area (Å²) in [6.07, 6.45) is 1.77. The Bertz CT molecular complexity index is 1430. The van der Waals surface area contributed by atoms with Crippen molar-refractivity contribution in [3.05, 3.63) is 120 Å². The lowest BCUT2D eigenvalue weighted by Gasteiger charge is -2.12. The minimum Gasteiger partial charge on any atom is -0.272 e. The van der Waals surface area contributed by atoms with E-state index < -0.39 is 0 Å². The SMILES string of the molecule is O=C(NN=Cc1c2ccccc2cc2ccccc12)C1c2ccccc2-c2ccccc21. The van der Waals surface area contributed by atoms with Crippen molar-refractivity contribution >= 4 is 33.7 Å². The number of carbonyl (C=O) groups is 1. The summed E-state index contributed by atoms with van der Waals surface area (Å²) in [6, 6.07) is 34.9. The van der Waals surface area contributed by atoms with Gasteiger partial charge in [0.1, 0.15) is 0 Å². The molecule has 0 spiro atoms. The fourth-order valence-electron chi connectivity index (χ4n) is 4.85. The van der Waals surface area contributed by atoms with Gasteiger partial charge in [-0.3, -0.25) is 4.79 Å². The maximum Gasteiger partial charge on any atom is 0.252 e. The van der Waals surface area contributed by atoms with Crippen LogP contribution >= 0.6 is 0 Å². The van der Waals surface area contributed by atoms with E-state index in [0.29, 0.717) is 0 Å². The van der Waals surface area contributed by atoms with Gasteiger partial charge in [-0.2, -0.15) is 5.10 Å². The van der Waals surface area contributed by atoms with Crippen molar-refractivity contribution in [1.82, 2.24) is 5.43 Å². The molecule has 1 aliphatic rings. The van der Waals surface area contributed by atoms with Gasteiger partial charge in [0.15, 0.2) is 0 Å². The molecule has 32 heavy (non-hydrogen) atoms. The molecular weight excluding hydrogens is 392 g/mol. The third-order valence-electron chi connectivity index (χ3n) is 6.28. The summed E-state index contributed by atoms with van der Waals surface area (Å²) >= 11 is 0. The van der Waals surface area contributed by atoms with E-state index in [4.69, 9.17) is 0 Å². The number of amides is 1. The molecule has 5 aromatic carbocycles. The third-order valence-corrected chi connectivity index (χ3v) is 6.28. The Kier molecular flexibility index (Phi) is 4.32. The van der Waals surface area contributed by atoms with Crippen molar-refractivity contribution in [1.29, 1.82) is 0 Å². The first-order valence-electron chi connectivity index (χ1n) is 10.7. The van der Waals surface area contributed by atoms with Crippen molar-refractivity contribution in [2.45, 2.75) is 5.92 Å². The number of nitrogens with one attached hydrogen (secondary N) is 1. The lowest BCUT2D eigenvalue weighted by Crippen LogP contribution is -2.25. The van der Waals surface area contributed by atoms with Crippen LogP contribution in [0.4, 0.5) is 0 Å². The monoisotopic (exact) mass is 412 g/mol. The molecule has 0 atom stereocenters. The van der Waals surface area contributed by atoms with Crippen molar-refractivity contribution < 1.29 is 4.79 Å². The molecule has 152 valence electrons. The van der Waals surface area contributed by atoms with Gasteiger partial charge in [-0.15, -0.1) is 0 Å². The van der Waals surface area contributed by atoms with Gasteiger partial charge in [0, 0.05) is 5.56 Å². The topological polar surface area (TPSA) is 41.5 Å². The Hall–Kier alpha value is -4.24. The van der Waals surface area contributed by atoms with Gasteiger partial charge in [-0.1, -0.05) is 97.1 Å². The zero-order chi connectivity index (χ0) is 21.5. The van der Waals surface area contributed by atoms with Crippen LogP contribution in [-0.2, 0) is 4.79 Å². The highest BCUT2D eigenvalue weighted by Gasteiger charge is 2.33. The Morgan fingerprint density at radius 3 is 1.78 bits per heavy atom. The van der Waals surface area contributed by atoms with E-state index in [1.54, 1.807) is 6.21 Å². The molecule has 5 aromatic rings. The van der Waals surface area contributed by atoms with Crippen LogP contribution in [0.25, 0.3) is 32.7 Å². The standard InChI is InChI=1S/C29H20N2O/c32-29(28-25-15-7-5-13-23(25)24-14-6-8-16-26(24)28)31-30-18-27-21-11-3-1-9-19(21)17-20-10-2-4-12-22(20)27/h1-18,28H,(H,31,32). The zero-order valence-corrected chi connectivity index (χ0v) is 17.3. The van der Waals surface area contributed by atoms with Crippen LogP contribution < -0.4 is 5.43 Å². The normalized spacial score (nSPS) is 12.9. The van der Waals surface area contributed by atoms with Gasteiger partial charge < -0.3 is 0 Å². The van der Waals surface area contributed by atoms with Gasteiger partial charge in [-0.05, 0) is 49.9 Å². The molecule has 0 unspecified atom stereocenters. The van der Waals surface area contributed by atoms with Gasteiger partial charge >= 0.3 is 0 Å². The summed E-state index contributed by atoms with van der Waals surface area (Å²) in [6.45, 7) is 0. The molecule has 0 aromatic heterocycles. The molecule has 0 heterocycles. The summed E-state index contributed by atoms with van der Waals surface area (Å²) in [4.78, 5) is 13.3. The lowest BCUT2D eigenvalue weighted by atomic mass is 9.96. The second-order valence-corrected chi connectivity index (χ2v) is 8.07. The van der Waals surface area contributed by atoms with Gasteiger partial charge in [0.25, 0.3) is 5.91 Å². The van der Waals surface area contributed by atoms with Crippen molar-refractivity contribution in [2.75, 3.05) is 0 Å². The fraction of sp³-hybridized carbons (Fsp3) is 0.0345. The Balaban J connectivity index is 1.37. The van der Waals surface area contributed by atoms with Crippen LogP contribution in [-0.4, -0.2) is 12.1 Å². The number of rotatable bonds is 3. The first-order valence-corrected chi connectivity index (χ1v) is 10.7. The first-order chi connectivity index (χ1) is 15.8. The average Bonchev–Trinajstić information content (AvgIpc) is 3.18. The maximum absolute atomic E-state index is 13.3. The molecule has 0 saturated heterocycles.